The van der Waals surface area contributed by atoms with E-state index in [-0.39, 0.29) is 23.0 Å². The molecule has 10 nitrogen and oxygen atoms in total. The second kappa shape index (κ2) is 14.6. The number of aliphatic hydroxyl groups is 1. The Balaban J connectivity index is 1.96. The highest BCUT2D eigenvalue weighted by molar-refractivity contribution is 5.93. The minimum Gasteiger partial charge on any atom is -0.400 e. The molecule has 10 heteroatoms. The minimum atomic E-state index is -0.725. The van der Waals surface area contributed by atoms with Crippen LogP contribution < -0.4 is 5.73 Å². The van der Waals surface area contributed by atoms with Crippen LogP contribution >= 0.6 is 0 Å². The Hall–Kier alpha value is -2.72. The van der Waals surface area contributed by atoms with Crippen LogP contribution in [0.1, 0.15) is 80.6 Å². The molecule has 0 bridgehead atoms. The van der Waals surface area contributed by atoms with Gasteiger partial charge in [0.1, 0.15) is 6.67 Å². The lowest BCUT2D eigenvalue weighted by Gasteiger charge is -2.46. The van der Waals surface area contributed by atoms with E-state index in [1.165, 1.54) is 0 Å². The first-order valence-corrected chi connectivity index (χ1v) is 14.2. The summed E-state index contributed by atoms with van der Waals surface area (Å²) in [5.74, 6) is 0.199. The molecule has 0 amide bonds. The molecule has 0 aromatic carbocycles. The van der Waals surface area contributed by atoms with Crippen LogP contribution in [0.4, 0.5) is 0 Å². The van der Waals surface area contributed by atoms with Crippen LogP contribution in [-0.4, -0.2) is 88.5 Å². The molecule has 1 saturated heterocycles. The molecule has 0 aromatic rings. The highest BCUT2D eigenvalue weighted by atomic mass is 16.3. The Kier molecular flexibility index (Phi) is 12.2. The summed E-state index contributed by atoms with van der Waals surface area (Å²) in [5, 5.41) is 22.2. The van der Waals surface area contributed by atoms with Crippen molar-refractivity contribution >= 4 is 11.6 Å². The molecule has 1 fully saturated rings. The molecule has 0 aliphatic carbocycles. The SMILES string of the molecule is CCCN(CCC(O)/C(N)=C/C=C(\C)N1CN(C)N=N1)CCC1(C)CCN(/C(C)=C(\C)C(C)=O)C(C(C)=O)C1. The Morgan fingerprint density at radius 1 is 1.13 bits per heavy atom. The maximum absolute atomic E-state index is 12.6. The summed E-state index contributed by atoms with van der Waals surface area (Å²) in [6.45, 7) is 17.4. The van der Waals surface area contributed by atoms with Gasteiger partial charge in [0, 0.05) is 42.8 Å². The number of hydrogen-bond donors (Lipinski definition) is 2. The van der Waals surface area contributed by atoms with E-state index in [0.29, 0.717) is 18.8 Å². The fourth-order valence-corrected chi connectivity index (χ4v) is 5.20. The Morgan fingerprint density at radius 3 is 2.38 bits per heavy atom. The van der Waals surface area contributed by atoms with Gasteiger partial charge in [-0.25, -0.2) is 5.01 Å². The lowest BCUT2D eigenvalue weighted by molar-refractivity contribution is -0.124. The van der Waals surface area contributed by atoms with Crippen LogP contribution in [0.25, 0.3) is 0 Å². The summed E-state index contributed by atoms with van der Waals surface area (Å²) < 4.78 is 0. The Bertz CT molecular complexity index is 989. The molecule has 2 heterocycles. The minimum absolute atomic E-state index is 0.0318. The van der Waals surface area contributed by atoms with Gasteiger partial charge >= 0.3 is 0 Å². The van der Waals surface area contributed by atoms with Crippen molar-refractivity contribution in [3.8, 4) is 0 Å². The summed E-state index contributed by atoms with van der Waals surface area (Å²) in [5.41, 5.74) is 9.20. The van der Waals surface area contributed by atoms with E-state index in [0.717, 1.165) is 68.8 Å². The van der Waals surface area contributed by atoms with Crippen molar-refractivity contribution in [1.82, 2.24) is 19.8 Å². The van der Waals surface area contributed by atoms with Crippen molar-refractivity contribution < 1.29 is 14.7 Å². The third-order valence-corrected chi connectivity index (χ3v) is 8.23. The van der Waals surface area contributed by atoms with E-state index < -0.39 is 6.10 Å². The first-order valence-electron chi connectivity index (χ1n) is 14.2. The van der Waals surface area contributed by atoms with Crippen molar-refractivity contribution in [2.45, 2.75) is 92.7 Å². The van der Waals surface area contributed by atoms with Crippen LogP contribution in [-0.2, 0) is 9.59 Å². The largest absolute Gasteiger partial charge is 0.400 e. The molecule has 0 spiro atoms. The molecule has 2 rings (SSSR count). The first kappa shape index (κ1) is 32.5. The molecule has 2 aliphatic heterocycles. The number of rotatable bonds is 14. The van der Waals surface area contributed by atoms with Crippen molar-refractivity contribution in [1.29, 1.82) is 0 Å². The quantitative estimate of drug-likeness (QED) is 0.248. The topological polar surface area (TPSA) is 118 Å². The molecular weight excluding hydrogens is 494 g/mol. The van der Waals surface area contributed by atoms with Crippen LogP contribution in [0.15, 0.2) is 45.3 Å². The van der Waals surface area contributed by atoms with Gasteiger partial charge in [-0.3, -0.25) is 14.6 Å². The number of carbonyl (C=O) groups is 2. The summed E-state index contributed by atoms with van der Waals surface area (Å²) in [7, 11) is 1.85. The molecule has 0 radical (unpaired) electrons. The molecule has 3 unspecified atom stereocenters. The van der Waals surface area contributed by atoms with E-state index >= 15 is 0 Å². The zero-order chi connectivity index (χ0) is 29.3. The van der Waals surface area contributed by atoms with Gasteiger partial charge < -0.3 is 20.6 Å². The average Bonchev–Trinajstić information content (AvgIpc) is 3.33. The number of ketones is 2. The zero-order valence-electron chi connectivity index (χ0n) is 25.4. The van der Waals surface area contributed by atoms with Crippen LogP contribution in [0.5, 0.6) is 0 Å². The summed E-state index contributed by atoms with van der Waals surface area (Å²) >= 11 is 0. The summed E-state index contributed by atoms with van der Waals surface area (Å²) in [6.07, 6.45) is 7.18. The monoisotopic (exact) mass is 545 g/mol. The van der Waals surface area contributed by atoms with E-state index in [2.05, 4.69) is 34.1 Å². The average molecular weight is 546 g/mol. The van der Waals surface area contributed by atoms with Crippen LogP contribution in [0.2, 0.25) is 0 Å². The second-order valence-corrected chi connectivity index (χ2v) is 11.6. The first-order chi connectivity index (χ1) is 18.3. The van der Waals surface area contributed by atoms with Crippen LogP contribution in [0, 0.1) is 5.41 Å². The maximum Gasteiger partial charge on any atom is 0.157 e. The number of nitrogens with two attached hydrogens (primary N) is 1. The van der Waals surface area contributed by atoms with Gasteiger partial charge in [-0.2, -0.15) is 0 Å². The predicted octanol–water partition coefficient (Wildman–Crippen LogP) is 4.02. The molecule has 3 N–H and O–H groups in total. The number of likely N-dealkylation sites (tertiary alicyclic amines) is 1. The molecular formula is C29H51N7O3. The van der Waals surface area contributed by atoms with Crippen molar-refractivity contribution in [2.75, 3.05) is 39.9 Å². The molecule has 39 heavy (non-hydrogen) atoms. The predicted molar refractivity (Wildman–Crippen MR) is 155 cm³/mol. The fraction of sp³-hybridized carbons (Fsp3) is 0.724. The number of aliphatic hydroxyl groups excluding tert-OH is 1. The smallest absolute Gasteiger partial charge is 0.157 e. The molecule has 0 aromatic heterocycles. The van der Waals surface area contributed by atoms with Gasteiger partial charge in [0.25, 0.3) is 0 Å². The summed E-state index contributed by atoms with van der Waals surface area (Å²) in [6, 6.07) is -0.205. The van der Waals surface area contributed by atoms with E-state index in [1.54, 1.807) is 29.9 Å². The normalized spacial score (nSPS) is 23.9. The number of hydrogen-bond acceptors (Lipinski definition) is 10. The molecule has 2 aliphatic rings. The zero-order valence-corrected chi connectivity index (χ0v) is 25.4. The van der Waals surface area contributed by atoms with Crippen molar-refractivity contribution in [2.24, 2.45) is 21.6 Å². The second-order valence-electron chi connectivity index (χ2n) is 11.6. The third-order valence-electron chi connectivity index (χ3n) is 8.23. The number of allylic oxidation sites excluding steroid dienone is 5. The highest BCUT2D eigenvalue weighted by Crippen LogP contribution is 2.39. The Labute approximate surface area is 235 Å². The van der Waals surface area contributed by atoms with Gasteiger partial charge in [0.2, 0.25) is 0 Å². The van der Waals surface area contributed by atoms with Crippen LogP contribution in [0.3, 0.4) is 0 Å². The van der Waals surface area contributed by atoms with E-state index in [9.17, 15) is 14.7 Å². The van der Waals surface area contributed by atoms with E-state index in [4.69, 9.17) is 5.73 Å². The summed E-state index contributed by atoms with van der Waals surface area (Å²) in [4.78, 5) is 29.1. The van der Waals surface area contributed by atoms with Gasteiger partial charge in [0.05, 0.1) is 12.1 Å². The van der Waals surface area contributed by atoms with Gasteiger partial charge in [-0.05, 0) is 103 Å². The fourth-order valence-electron chi connectivity index (χ4n) is 5.20. The maximum atomic E-state index is 12.6. The van der Waals surface area contributed by atoms with Crippen molar-refractivity contribution in [3.05, 3.63) is 34.8 Å². The van der Waals surface area contributed by atoms with Gasteiger partial charge in [-0.15, -0.1) is 0 Å². The van der Waals surface area contributed by atoms with Gasteiger partial charge in [0.15, 0.2) is 11.6 Å². The standard InChI is InChI=1S/C29H51N7O3/c1-9-15-34(16-12-28(39)26(30)11-10-21(2)36-20-33(8)31-32-36)17-13-29(7)14-18-35(27(19-29)25(6)38)23(4)22(3)24(5)37/h10-11,27-28,39H,9,12-20,30H2,1-8H3/b21-10+,23-22+,26-11-. The Morgan fingerprint density at radius 2 is 1.82 bits per heavy atom. The lowest BCUT2D eigenvalue weighted by Crippen LogP contribution is -2.49. The number of nitrogens with zero attached hydrogens (tertiary/aromatic N) is 6. The molecule has 220 valence electrons. The highest BCUT2D eigenvalue weighted by Gasteiger charge is 2.39. The van der Waals surface area contributed by atoms with E-state index in [1.807, 2.05) is 33.9 Å². The van der Waals surface area contributed by atoms with Gasteiger partial charge in [-0.1, -0.05) is 19.1 Å². The molecule has 3 atom stereocenters. The third kappa shape index (κ3) is 9.46. The number of piperidine rings is 1. The number of Topliss-reactive ketones (excluding diaryl/α,β-unsaturated/α-hetero) is 2. The molecule has 0 saturated carbocycles. The number of carbonyl (C=O) groups excluding carboxylic acids is 2. The van der Waals surface area contributed by atoms with Crippen molar-refractivity contribution in [3.63, 3.8) is 0 Å². The lowest BCUT2D eigenvalue weighted by atomic mass is 9.73.